The fourth-order valence-electron chi connectivity index (χ4n) is 2.31. The third-order valence-electron chi connectivity index (χ3n) is 3.67. The molecule has 102 valence electrons. The minimum atomic E-state index is 0.00924. The predicted octanol–water partition coefficient (Wildman–Crippen LogP) is 3.30. The molecule has 0 aliphatic heterocycles. The summed E-state index contributed by atoms with van der Waals surface area (Å²) >= 11 is 0. The Morgan fingerprint density at radius 3 is 2.63 bits per heavy atom. The summed E-state index contributed by atoms with van der Waals surface area (Å²) in [6.07, 6.45) is 5.71. The molecule has 1 aromatic carbocycles. The third kappa shape index (κ3) is 4.86. The van der Waals surface area contributed by atoms with E-state index in [1.807, 2.05) is 30.3 Å². The van der Waals surface area contributed by atoms with Crippen LogP contribution in [0.15, 0.2) is 35.4 Å². The zero-order valence-electron chi connectivity index (χ0n) is 11.6. The van der Waals surface area contributed by atoms with Crippen molar-refractivity contribution in [1.29, 1.82) is 0 Å². The van der Waals surface area contributed by atoms with E-state index in [-0.39, 0.29) is 5.91 Å². The van der Waals surface area contributed by atoms with Gasteiger partial charge in [0.15, 0.2) is 0 Å². The highest BCUT2D eigenvalue weighted by atomic mass is 16.2. The number of nitrogens with zero attached hydrogens (tertiary/aromatic N) is 1. The number of hydrazone groups is 1. The zero-order valence-corrected chi connectivity index (χ0v) is 11.6. The molecule has 0 spiro atoms. The van der Waals surface area contributed by atoms with Crippen molar-refractivity contribution in [1.82, 2.24) is 5.43 Å². The first-order valence-electron chi connectivity index (χ1n) is 7.12. The molecule has 1 fully saturated rings. The van der Waals surface area contributed by atoms with Crippen LogP contribution in [0, 0.1) is 5.92 Å². The molecule has 0 radical (unpaired) electrons. The quantitative estimate of drug-likeness (QED) is 0.827. The van der Waals surface area contributed by atoms with Gasteiger partial charge in [0.25, 0.3) is 0 Å². The Labute approximate surface area is 115 Å². The van der Waals surface area contributed by atoms with Gasteiger partial charge in [0.2, 0.25) is 5.91 Å². The predicted molar refractivity (Wildman–Crippen MR) is 78.0 cm³/mol. The molecule has 0 atom stereocenters. The molecule has 0 unspecified atom stereocenters. The number of hydrogen-bond acceptors (Lipinski definition) is 2. The Kier molecular flexibility index (Phi) is 5.13. The third-order valence-corrected chi connectivity index (χ3v) is 3.67. The van der Waals surface area contributed by atoms with Crippen LogP contribution in [0.4, 0.5) is 0 Å². The van der Waals surface area contributed by atoms with E-state index in [1.54, 1.807) is 0 Å². The summed E-state index contributed by atoms with van der Waals surface area (Å²) in [5, 5.41) is 4.25. The maximum absolute atomic E-state index is 11.7. The highest BCUT2D eigenvalue weighted by molar-refractivity contribution is 5.86. The second-order valence-electron chi connectivity index (χ2n) is 5.38. The second-order valence-corrected chi connectivity index (χ2v) is 5.38. The second kappa shape index (κ2) is 7.07. The molecule has 0 heterocycles. The van der Waals surface area contributed by atoms with Crippen LogP contribution in [0.3, 0.4) is 0 Å². The van der Waals surface area contributed by atoms with E-state index < -0.39 is 0 Å². The van der Waals surface area contributed by atoms with Crippen LogP contribution < -0.4 is 5.43 Å². The van der Waals surface area contributed by atoms with E-state index in [0.717, 1.165) is 30.9 Å². The molecule has 0 aromatic heterocycles. The van der Waals surface area contributed by atoms with E-state index in [2.05, 4.69) is 17.5 Å². The largest absolute Gasteiger partial charge is 0.273 e. The molecule has 0 saturated heterocycles. The number of aryl methyl sites for hydroxylation is 1. The number of benzene rings is 1. The molecule has 2 rings (SSSR count). The van der Waals surface area contributed by atoms with Crippen molar-refractivity contribution >= 4 is 11.6 Å². The van der Waals surface area contributed by atoms with Crippen LogP contribution in [0.1, 0.15) is 44.6 Å². The molecule has 19 heavy (non-hydrogen) atoms. The van der Waals surface area contributed by atoms with Gasteiger partial charge in [0.05, 0.1) is 0 Å². The molecule has 1 amide bonds. The van der Waals surface area contributed by atoms with Crippen molar-refractivity contribution < 1.29 is 4.79 Å². The van der Waals surface area contributed by atoms with E-state index in [0.29, 0.717) is 6.42 Å². The van der Waals surface area contributed by atoms with Gasteiger partial charge in [0, 0.05) is 12.1 Å². The number of amides is 1. The fraction of sp³-hybridized carbons (Fsp3) is 0.500. The van der Waals surface area contributed by atoms with Crippen molar-refractivity contribution in [2.24, 2.45) is 11.0 Å². The summed E-state index contributed by atoms with van der Waals surface area (Å²) in [6.45, 7) is 2.27. The highest BCUT2D eigenvalue weighted by Crippen LogP contribution is 2.20. The van der Waals surface area contributed by atoms with Gasteiger partial charge in [-0.1, -0.05) is 37.3 Å². The van der Waals surface area contributed by atoms with Crippen LogP contribution >= 0.6 is 0 Å². The lowest BCUT2D eigenvalue weighted by Gasteiger charge is -2.18. The smallest absolute Gasteiger partial charge is 0.240 e. The number of rotatable bonds is 4. The molecular formula is C16H22N2O. The summed E-state index contributed by atoms with van der Waals surface area (Å²) in [6, 6.07) is 10.1. The number of carbonyl (C=O) groups is 1. The van der Waals surface area contributed by atoms with Crippen molar-refractivity contribution in [3.8, 4) is 0 Å². The molecule has 0 bridgehead atoms. The first kappa shape index (κ1) is 13.8. The number of nitrogens with one attached hydrogen (secondary N) is 1. The summed E-state index contributed by atoms with van der Waals surface area (Å²) in [7, 11) is 0. The van der Waals surface area contributed by atoms with E-state index in [9.17, 15) is 4.79 Å². The van der Waals surface area contributed by atoms with Crippen molar-refractivity contribution in [2.45, 2.75) is 45.4 Å². The Bertz CT molecular complexity index is 429. The molecule has 3 heteroatoms. The molecular weight excluding hydrogens is 236 g/mol. The Morgan fingerprint density at radius 2 is 1.95 bits per heavy atom. The first-order valence-corrected chi connectivity index (χ1v) is 7.12. The molecule has 1 aliphatic rings. The van der Waals surface area contributed by atoms with Gasteiger partial charge in [-0.15, -0.1) is 0 Å². The minimum absolute atomic E-state index is 0.00924. The fourth-order valence-corrected chi connectivity index (χ4v) is 2.31. The van der Waals surface area contributed by atoms with Crippen LogP contribution in [-0.2, 0) is 11.2 Å². The standard InChI is InChI=1S/C16H22N2O/c1-13-7-10-15(11-8-13)17-18-16(19)12-9-14-5-3-2-4-6-14/h2-6,13H,7-12H2,1H3,(H,18,19). The summed E-state index contributed by atoms with van der Waals surface area (Å²) < 4.78 is 0. The topological polar surface area (TPSA) is 41.5 Å². The van der Waals surface area contributed by atoms with Crippen molar-refractivity contribution in [2.75, 3.05) is 0 Å². The lowest BCUT2D eigenvalue weighted by molar-refractivity contribution is -0.121. The monoisotopic (exact) mass is 258 g/mol. The molecule has 1 saturated carbocycles. The maximum Gasteiger partial charge on any atom is 0.240 e. The van der Waals surface area contributed by atoms with E-state index in [4.69, 9.17) is 0 Å². The van der Waals surface area contributed by atoms with Gasteiger partial charge < -0.3 is 0 Å². The lowest BCUT2D eigenvalue weighted by atomic mass is 9.90. The van der Waals surface area contributed by atoms with Crippen molar-refractivity contribution in [3.05, 3.63) is 35.9 Å². The van der Waals surface area contributed by atoms with Gasteiger partial charge in [-0.05, 0) is 43.6 Å². The van der Waals surface area contributed by atoms with Gasteiger partial charge in [-0.3, -0.25) is 4.79 Å². The molecule has 1 N–H and O–H groups in total. The average Bonchev–Trinajstić information content (AvgIpc) is 2.45. The number of hydrogen-bond donors (Lipinski definition) is 1. The van der Waals surface area contributed by atoms with Gasteiger partial charge in [0.1, 0.15) is 0 Å². The van der Waals surface area contributed by atoms with Crippen LogP contribution in [0.5, 0.6) is 0 Å². The zero-order chi connectivity index (χ0) is 13.5. The lowest BCUT2D eigenvalue weighted by Crippen LogP contribution is -2.22. The van der Waals surface area contributed by atoms with E-state index >= 15 is 0 Å². The Balaban J connectivity index is 1.71. The average molecular weight is 258 g/mol. The first-order chi connectivity index (χ1) is 9.24. The Morgan fingerprint density at radius 1 is 1.26 bits per heavy atom. The van der Waals surface area contributed by atoms with Gasteiger partial charge in [-0.2, -0.15) is 5.10 Å². The molecule has 1 aliphatic carbocycles. The number of carbonyl (C=O) groups excluding carboxylic acids is 1. The minimum Gasteiger partial charge on any atom is -0.273 e. The molecule has 1 aromatic rings. The van der Waals surface area contributed by atoms with Crippen LogP contribution in [-0.4, -0.2) is 11.6 Å². The normalized spacial score (nSPS) is 19.0. The van der Waals surface area contributed by atoms with Crippen LogP contribution in [0.25, 0.3) is 0 Å². The van der Waals surface area contributed by atoms with Crippen LogP contribution in [0.2, 0.25) is 0 Å². The summed E-state index contributed by atoms with van der Waals surface area (Å²) in [5.41, 5.74) is 5.02. The highest BCUT2D eigenvalue weighted by Gasteiger charge is 2.13. The summed E-state index contributed by atoms with van der Waals surface area (Å²) in [4.78, 5) is 11.7. The molecule has 3 nitrogen and oxygen atoms in total. The SMILES string of the molecule is CC1CCC(=NNC(=O)CCc2ccccc2)CC1. The maximum atomic E-state index is 11.7. The van der Waals surface area contributed by atoms with E-state index in [1.165, 1.54) is 18.4 Å². The Hall–Kier alpha value is -1.64. The summed E-state index contributed by atoms with van der Waals surface area (Å²) in [5.74, 6) is 0.808. The van der Waals surface area contributed by atoms with Gasteiger partial charge >= 0.3 is 0 Å². The van der Waals surface area contributed by atoms with Gasteiger partial charge in [-0.25, -0.2) is 5.43 Å². The van der Waals surface area contributed by atoms with Crippen molar-refractivity contribution in [3.63, 3.8) is 0 Å².